The highest BCUT2D eigenvalue weighted by Gasteiger charge is 2.10. The number of carbonyl (C=O) groups excluding carboxylic acids is 1. The number of halogens is 1. The van der Waals surface area contributed by atoms with Gasteiger partial charge in [-0.3, -0.25) is 4.79 Å². The molecule has 0 aliphatic rings. The van der Waals surface area contributed by atoms with Crippen LogP contribution in [0.4, 0.5) is 0 Å². The molecule has 122 valence electrons. The standard InChI is InChI=1S/C19H22ClNOS/c1-13-4-5-16(12-14(13)2)15(3)21-19(22)10-11-23-18-8-6-17(20)7-9-18/h4-9,12,15H,10-11H2,1-3H3,(H,21,22). The zero-order chi connectivity index (χ0) is 16.8. The van der Waals surface area contributed by atoms with Gasteiger partial charge in [0.25, 0.3) is 0 Å². The highest BCUT2D eigenvalue weighted by atomic mass is 35.5. The van der Waals surface area contributed by atoms with Crippen LogP contribution in [0.25, 0.3) is 0 Å². The van der Waals surface area contributed by atoms with Crippen molar-refractivity contribution in [3.05, 3.63) is 64.2 Å². The van der Waals surface area contributed by atoms with Crippen LogP contribution < -0.4 is 5.32 Å². The minimum Gasteiger partial charge on any atom is -0.350 e. The predicted octanol–water partition coefficient (Wildman–Crippen LogP) is 5.32. The van der Waals surface area contributed by atoms with Gasteiger partial charge in [-0.2, -0.15) is 0 Å². The Morgan fingerprint density at radius 1 is 1.13 bits per heavy atom. The summed E-state index contributed by atoms with van der Waals surface area (Å²) in [5, 5.41) is 3.80. The number of hydrogen-bond donors (Lipinski definition) is 1. The molecule has 2 aromatic rings. The minimum absolute atomic E-state index is 0.0299. The summed E-state index contributed by atoms with van der Waals surface area (Å²) >= 11 is 7.52. The van der Waals surface area contributed by atoms with Gasteiger partial charge in [-0.25, -0.2) is 0 Å². The summed E-state index contributed by atoms with van der Waals surface area (Å²) in [5.41, 5.74) is 3.67. The number of rotatable bonds is 6. The highest BCUT2D eigenvalue weighted by Crippen LogP contribution is 2.21. The smallest absolute Gasteiger partial charge is 0.221 e. The lowest BCUT2D eigenvalue weighted by atomic mass is 10.0. The van der Waals surface area contributed by atoms with E-state index in [4.69, 9.17) is 11.6 Å². The number of amides is 1. The van der Waals surface area contributed by atoms with E-state index in [0.29, 0.717) is 6.42 Å². The quantitative estimate of drug-likeness (QED) is 0.717. The normalized spacial score (nSPS) is 12.0. The summed E-state index contributed by atoms with van der Waals surface area (Å²) < 4.78 is 0. The van der Waals surface area contributed by atoms with E-state index >= 15 is 0 Å². The first-order valence-electron chi connectivity index (χ1n) is 7.70. The molecular weight excluding hydrogens is 326 g/mol. The maximum absolute atomic E-state index is 12.1. The van der Waals surface area contributed by atoms with Crippen molar-refractivity contribution < 1.29 is 4.79 Å². The van der Waals surface area contributed by atoms with Crippen molar-refractivity contribution in [3.8, 4) is 0 Å². The first-order valence-corrected chi connectivity index (χ1v) is 9.07. The Hall–Kier alpha value is -1.45. The van der Waals surface area contributed by atoms with Crippen molar-refractivity contribution in [2.24, 2.45) is 0 Å². The molecule has 1 amide bonds. The Morgan fingerprint density at radius 2 is 1.83 bits per heavy atom. The monoisotopic (exact) mass is 347 g/mol. The van der Waals surface area contributed by atoms with Crippen LogP contribution >= 0.6 is 23.4 Å². The summed E-state index contributed by atoms with van der Waals surface area (Å²) in [6, 6.07) is 14.0. The van der Waals surface area contributed by atoms with E-state index in [0.717, 1.165) is 21.2 Å². The highest BCUT2D eigenvalue weighted by molar-refractivity contribution is 7.99. The average molecular weight is 348 g/mol. The van der Waals surface area contributed by atoms with Gasteiger partial charge in [0.15, 0.2) is 0 Å². The van der Waals surface area contributed by atoms with E-state index in [1.165, 1.54) is 11.1 Å². The molecule has 1 atom stereocenters. The molecule has 0 saturated carbocycles. The van der Waals surface area contributed by atoms with E-state index in [-0.39, 0.29) is 11.9 Å². The Kier molecular flexibility index (Phi) is 6.55. The van der Waals surface area contributed by atoms with Crippen LogP contribution in [0.5, 0.6) is 0 Å². The molecule has 1 unspecified atom stereocenters. The number of hydrogen-bond acceptors (Lipinski definition) is 2. The van der Waals surface area contributed by atoms with Gasteiger partial charge in [0, 0.05) is 22.1 Å². The summed E-state index contributed by atoms with van der Waals surface area (Å²) in [4.78, 5) is 13.2. The van der Waals surface area contributed by atoms with E-state index in [1.807, 2.05) is 31.2 Å². The molecule has 0 heterocycles. The second-order valence-corrected chi connectivity index (χ2v) is 7.29. The maximum atomic E-state index is 12.1. The molecule has 1 N–H and O–H groups in total. The van der Waals surface area contributed by atoms with E-state index in [9.17, 15) is 4.79 Å². The average Bonchev–Trinajstić information content (AvgIpc) is 2.52. The molecule has 0 aliphatic heterocycles. The fourth-order valence-corrected chi connectivity index (χ4v) is 3.20. The Balaban J connectivity index is 1.79. The molecule has 0 aromatic heterocycles. The Bertz CT molecular complexity index is 670. The van der Waals surface area contributed by atoms with Gasteiger partial charge in [0.1, 0.15) is 0 Å². The lowest BCUT2D eigenvalue weighted by Crippen LogP contribution is -2.26. The number of aryl methyl sites for hydroxylation is 2. The summed E-state index contributed by atoms with van der Waals surface area (Å²) in [6.45, 7) is 6.21. The molecule has 0 saturated heterocycles. The third kappa shape index (κ3) is 5.60. The van der Waals surface area contributed by atoms with Gasteiger partial charge >= 0.3 is 0 Å². The van der Waals surface area contributed by atoms with Crippen molar-refractivity contribution in [2.75, 3.05) is 5.75 Å². The van der Waals surface area contributed by atoms with Crippen molar-refractivity contribution in [2.45, 2.75) is 38.1 Å². The van der Waals surface area contributed by atoms with Crippen LogP contribution in [-0.2, 0) is 4.79 Å². The minimum atomic E-state index is 0.0299. The van der Waals surface area contributed by atoms with Gasteiger partial charge < -0.3 is 5.32 Å². The Labute approximate surface area is 147 Å². The topological polar surface area (TPSA) is 29.1 Å². The summed E-state index contributed by atoms with van der Waals surface area (Å²) in [7, 11) is 0. The number of nitrogens with one attached hydrogen (secondary N) is 1. The van der Waals surface area contributed by atoms with Crippen molar-refractivity contribution in [3.63, 3.8) is 0 Å². The molecule has 2 aromatic carbocycles. The van der Waals surface area contributed by atoms with Gasteiger partial charge in [-0.15, -0.1) is 11.8 Å². The lowest BCUT2D eigenvalue weighted by molar-refractivity contribution is -0.121. The molecule has 0 bridgehead atoms. The second kappa shape index (κ2) is 8.42. The molecule has 0 aliphatic carbocycles. The molecular formula is C19H22ClNOS. The molecule has 0 spiro atoms. The van der Waals surface area contributed by atoms with Crippen molar-refractivity contribution >= 4 is 29.3 Å². The summed E-state index contributed by atoms with van der Waals surface area (Å²) in [5.74, 6) is 0.838. The summed E-state index contributed by atoms with van der Waals surface area (Å²) in [6.07, 6.45) is 0.502. The van der Waals surface area contributed by atoms with Crippen LogP contribution in [0.2, 0.25) is 5.02 Å². The molecule has 0 radical (unpaired) electrons. The van der Waals surface area contributed by atoms with E-state index < -0.39 is 0 Å². The third-order valence-electron chi connectivity index (χ3n) is 3.82. The SMILES string of the molecule is Cc1ccc(C(C)NC(=O)CCSc2ccc(Cl)cc2)cc1C. The van der Waals surface area contributed by atoms with E-state index in [2.05, 4.69) is 37.4 Å². The van der Waals surface area contributed by atoms with Gasteiger partial charge in [-0.1, -0.05) is 29.8 Å². The molecule has 0 fully saturated rings. The van der Waals surface area contributed by atoms with Gasteiger partial charge in [0.2, 0.25) is 5.91 Å². The third-order valence-corrected chi connectivity index (χ3v) is 5.09. The van der Waals surface area contributed by atoms with Crippen LogP contribution in [0.3, 0.4) is 0 Å². The lowest BCUT2D eigenvalue weighted by Gasteiger charge is -2.15. The van der Waals surface area contributed by atoms with Crippen LogP contribution in [0, 0.1) is 13.8 Å². The number of benzene rings is 2. The van der Waals surface area contributed by atoms with Gasteiger partial charge in [0.05, 0.1) is 6.04 Å². The predicted molar refractivity (Wildman–Crippen MR) is 99.3 cm³/mol. The van der Waals surface area contributed by atoms with Crippen molar-refractivity contribution in [1.29, 1.82) is 0 Å². The molecule has 2 rings (SSSR count). The zero-order valence-corrected chi connectivity index (χ0v) is 15.3. The van der Waals surface area contributed by atoms with Crippen LogP contribution in [0.15, 0.2) is 47.4 Å². The van der Waals surface area contributed by atoms with Crippen LogP contribution in [0.1, 0.15) is 36.1 Å². The second-order valence-electron chi connectivity index (χ2n) is 5.69. The van der Waals surface area contributed by atoms with E-state index in [1.54, 1.807) is 11.8 Å². The Morgan fingerprint density at radius 3 is 2.48 bits per heavy atom. The number of thioether (sulfide) groups is 1. The first kappa shape index (κ1) is 17.9. The largest absolute Gasteiger partial charge is 0.350 e. The zero-order valence-electron chi connectivity index (χ0n) is 13.7. The van der Waals surface area contributed by atoms with Crippen LogP contribution in [-0.4, -0.2) is 11.7 Å². The van der Waals surface area contributed by atoms with Gasteiger partial charge in [-0.05, 0) is 61.7 Å². The fourth-order valence-electron chi connectivity index (χ4n) is 2.22. The molecule has 23 heavy (non-hydrogen) atoms. The fraction of sp³-hybridized carbons (Fsp3) is 0.316. The van der Waals surface area contributed by atoms with Crippen molar-refractivity contribution in [1.82, 2.24) is 5.32 Å². The molecule has 2 nitrogen and oxygen atoms in total. The maximum Gasteiger partial charge on any atom is 0.221 e. The molecule has 4 heteroatoms. The number of carbonyl (C=O) groups is 1. The first-order chi connectivity index (χ1) is 11.0.